The van der Waals surface area contributed by atoms with E-state index in [1.165, 1.54) is 36.0 Å². The van der Waals surface area contributed by atoms with Gasteiger partial charge in [0.15, 0.2) is 0 Å². The smallest absolute Gasteiger partial charge is 0.255 e. The zero-order chi connectivity index (χ0) is 17.9. The molecule has 0 bridgehead atoms. The minimum atomic E-state index is -3.53. The fraction of sp³-hybridized carbons (Fsp3) is 0.133. The van der Waals surface area contributed by atoms with E-state index in [9.17, 15) is 17.6 Å². The minimum absolute atomic E-state index is 0.0933. The van der Waals surface area contributed by atoms with Gasteiger partial charge in [-0.3, -0.25) is 9.52 Å². The van der Waals surface area contributed by atoms with E-state index in [0.717, 1.165) is 6.26 Å². The Bertz CT molecular complexity index is 888. The summed E-state index contributed by atoms with van der Waals surface area (Å²) >= 11 is 7.17. The first-order valence-corrected chi connectivity index (χ1v) is 10.1. The highest BCUT2D eigenvalue weighted by atomic mass is 35.5. The van der Waals surface area contributed by atoms with Crippen LogP contribution in [0.3, 0.4) is 0 Å². The van der Waals surface area contributed by atoms with E-state index in [1.54, 1.807) is 18.4 Å². The van der Waals surface area contributed by atoms with E-state index in [1.807, 2.05) is 0 Å². The number of sulfonamides is 1. The first-order chi connectivity index (χ1) is 11.2. The molecule has 128 valence electrons. The quantitative estimate of drug-likeness (QED) is 0.763. The van der Waals surface area contributed by atoms with Crippen LogP contribution >= 0.6 is 23.4 Å². The lowest BCUT2D eigenvalue weighted by atomic mass is 10.2. The second-order valence-corrected chi connectivity index (χ2v) is 7.88. The molecule has 9 heteroatoms. The Hall–Kier alpha value is -1.77. The summed E-state index contributed by atoms with van der Waals surface area (Å²) in [5.41, 5.74) is 0.568. The number of hydrogen-bond acceptors (Lipinski definition) is 4. The molecule has 2 aromatic carbocycles. The molecule has 0 aliphatic heterocycles. The van der Waals surface area contributed by atoms with Gasteiger partial charge in [-0.2, -0.15) is 0 Å². The summed E-state index contributed by atoms with van der Waals surface area (Å²) in [4.78, 5) is 12.7. The first-order valence-electron chi connectivity index (χ1n) is 6.62. The summed E-state index contributed by atoms with van der Waals surface area (Å²) in [6.45, 7) is 0. The maximum atomic E-state index is 13.7. The zero-order valence-electron chi connectivity index (χ0n) is 12.8. The molecule has 0 atom stereocenters. The third-order valence-corrected chi connectivity index (χ3v) is 4.62. The number of nitrogens with one attached hydrogen (secondary N) is 2. The Morgan fingerprint density at radius 3 is 2.50 bits per heavy atom. The molecule has 24 heavy (non-hydrogen) atoms. The number of carbonyl (C=O) groups excluding carboxylic acids is 1. The Morgan fingerprint density at radius 1 is 1.21 bits per heavy atom. The van der Waals surface area contributed by atoms with Crippen molar-refractivity contribution in [3.8, 4) is 0 Å². The summed E-state index contributed by atoms with van der Waals surface area (Å²) in [5, 5.41) is 2.71. The SMILES string of the molecule is CSc1ccc(NC(=O)c2ccc(Cl)c(NS(C)(=O)=O)c2)cc1F. The average molecular weight is 389 g/mol. The highest BCUT2D eigenvalue weighted by Crippen LogP contribution is 2.25. The number of thioether (sulfide) groups is 1. The molecule has 0 aliphatic rings. The molecule has 0 fully saturated rings. The molecule has 0 heterocycles. The normalized spacial score (nSPS) is 11.2. The van der Waals surface area contributed by atoms with Gasteiger partial charge in [-0.05, 0) is 42.7 Å². The van der Waals surface area contributed by atoms with Gasteiger partial charge in [0.25, 0.3) is 5.91 Å². The van der Waals surface area contributed by atoms with Gasteiger partial charge in [0.2, 0.25) is 10.0 Å². The van der Waals surface area contributed by atoms with Crippen molar-refractivity contribution in [1.82, 2.24) is 0 Å². The zero-order valence-corrected chi connectivity index (χ0v) is 15.2. The third kappa shape index (κ3) is 4.86. The molecule has 0 saturated heterocycles. The van der Waals surface area contributed by atoms with Crippen molar-refractivity contribution >= 4 is 50.7 Å². The van der Waals surface area contributed by atoms with E-state index >= 15 is 0 Å². The number of halogens is 2. The van der Waals surface area contributed by atoms with Crippen molar-refractivity contribution < 1.29 is 17.6 Å². The fourth-order valence-corrected chi connectivity index (χ4v) is 3.14. The molecule has 5 nitrogen and oxygen atoms in total. The highest BCUT2D eigenvalue weighted by Gasteiger charge is 2.13. The molecule has 0 aromatic heterocycles. The summed E-state index contributed by atoms with van der Waals surface area (Å²) in [5.74, 6) is -0.949. The lowest BCUT2D eigenvalue weighted by Gasteiger charge is -2.10. The van der Waals surface area contributed by atoms with E-state index in [2.05, 4.69) is 10.0 Å². The highest BCUT2D eigenvalue weighted by molar-refractivity contribution is 7.98. The van der Waals surface area contributed by atoms with Crippen molar-refractivity contribution in [2.24, 2.45) is 0 Å². The van der Waals surface area contributed by atoms with Crippen LogP contribution in [0.4, 0.5) is 15.8 Å². The monoisotopic (exact) mass is 388 g/mol. The van der Waals surface area contributed by atoms with Gasteiger partial charge >= 0.3 is 0 Å². The average Bonchev–Trinajstić information content (AvgIpc) is 2.48. The molecule has 2 rings (SSSR count). The van der Waals surface area contributed by atoms with Crippen molar-refractivity contribution in [2.75, 3.05) is 22.6 Å². The van der Waals surface area contributed by atoms with Crippen LogP contribution in [0.25, 0.3) is 0 Å². The predicted molar refractivity (Wildman–Crippen MR) is 96.1 cm³/mol. The minimum Gasteiger partial charge on any atom is -0.322 e. The molecule has 2 aromatic rings. The largest absolute Gasteiger partial charge is 0.322 e. The van der Waals surface area contributed by atoms with E-state index < -0.39 is 21.7 Å². The van der Waals surface area contributed by atoms with E-state index in [0.29, 0.717) is 10.6 Å². The molecular formula is C15H14ClFN2O3S2. The molecule has 0 radical (unpaired) electrons. The molecule has 2 N–H and O–H groups in total. The Labute approximate surface area is 148 Å². The standard InChI is InChI=1S/C15H14ClFN2O3S2/c1-23-14-6-4-10(8-12(14)17)18-15(20)9-3-5-11(16)13(7-9)19-24(2,21)22/h3-8,19H,1-2H3,(H,18,20). The van der Waals surface area contributed by atoms with Crippen LogP contribution in [-0.4, -0.2) is 26.8 Å². The number of rotatable bonds is 5. The van der Waals surface area contributed by atoms with Crippen LogP contribution in [0, 0.1) is 5.82 Å². The molecule has 0 saturated carbocycles. The molecule has 0 unspecified atom stereocenters. The van der Waals surface area contributed by atoms with Gasteiger partial charge in [-0.25, -0.2) is 12.8 Å². The lowest BCUT2D eigenvalue weighted by molar-refractivity contribution is 0.102. The van der Waals surface area contributed by atoms with Gasteiger partial charge in [0.05, 0.1) is 17.0 Å². The number of carbonyl (C=O) groups is 1. The lowest BCUT2D eigenvalue weighted by Crippen LogP contribution is -2.14. The second kappa shape index (κ2) is 7.42. The third-order valence-electron chi connectivity index (χ3n) is 2.93. The molecular weight excluding hydrogens is 375 g/mol. The fourth-order valence-electron chi connectivity index (χ4n) is 1.89. The molecule has 1 amide bonds. The van der Waals surface area contributed by atoms with Crippen molar-refractivity contribution in [2.45, 2.75) is 4.90 Å². The van der Waals surface area contributed by atoms with Crippen LogP contribution in [-0.2, 0) is 10.0 Å². The van der Waals surface area contributed by atoms with Crippen LogP contribution < -0.4 is 10.0 Å². The number of benzene rings is 2. The Kier molecular flexibility index (Phi) is 5.74. The van der Waals surface area contributed by atoms with Gasteiger partial charge in [-0.1, -0.05) is 11.6 Å². The topological polar surface area (TPSA) is 75.3 Å². The van der Waals surface area contributed by atoms with Crippen molar-refractivity contribution in [3.05, 3.63) is 52.8 Å². The van der Waals surface area contributed by atoms with Gasteiger partial charge in [0.1, 0.15) is 5.82 Å². The molecule has 0 aliphatic carbocycles. The Morgan fingerprint density at radius 2 is 1.92 bits per heavy atom. The Balaban J connectivity index is 2.24. The summed E-state index contributed by atoms with van der Waals surface area (Å²) < 4.78 is 38.6. The number of anilines is 2. The summed E-state index contributed by atoms with van der Waals surface area (Å²) in [7, 11) is -3.53. The predicted octanol–water partition coefficient (Wildman–Crippen LogP) is 3.82. The van der Waals surface area contributed by atoms with Crippen molar-refractivity contribution in [1.29, 1.82) is 0 Å². The number of amides is 1. The van der Waals surface area contributed by atoms with Crippen LogP contribution in [0.2, 0.25) is 5.02 Å². The van der Waals surface area contributed by atoms with E-state index in [-0.39, 0.29) is 16.3 Å². The summed E-state index contributed by atoms with van der Waals surface area (Å²) in [6, 6.07) is 8.52. The molecule has 0 spiro atoms. The maximum Gasteiger partial charge on any atom is 0.255 e. The van der Waals surface area contributed by atoms with E-state index in [4.69, 9.17) is 11.6 Å². The second-order valence-electron chi connectivity index (χ2n) is 4.87. The first kappa shape index (κ1) is 18.6. The van der Waals surface area contributed by atoms with Crippen LogP contribution in [0.15, 0.2) is 41.3 Å². The van der Waals surface area contributed by atoms with Gasteiger partial charge < -0.3 is 5.32 Å². The van der Waals surface area contributed by atoms with Crippen LogP contribution in [0.1, 0.15) is 10.4 Å². The van der Waals surface area contributed by atoms with Gasteiger partial charge in [-0.15, -0.1) is 11.8 Å². The van der Waals surface area contributed by atoms with Crippen molar-refractivity contribution in [3.63, 3.8) is 0 Å². The number of hydrogen-bond donors (Lipinski definition) is 2. The van der Waals surface area contributed by atoms with Crippen LogP contribution in [0.5, 0.6) is 0 Å². The van der Waals surface area contributed by atoms with Gasteiger partial charge in [0, 0.05) is 16.1 Å². The summed E-state index contributed by atoms with van der Waals surface area (Å²) in [6.07, 6.45) is 2.73. The maximum absolute atomic E-state index is 13.7.